The van der Waals surface area contributed by atoms with Gasteiger partial charge in [-0.15, -0.1) is 0 Å². The topological polar surface area (TPSA) is 74.6 Å². The van der Waals surface area contributed by atoms with Crippen molar-refractivity contribution < 1.29 is 19.8 Å². The average molecular weight is 373 g/mol. The van der Waals surface area contributed by atoms with Crippen LogP contribution in [0.4, 0.5) is 0 Å². The monoisotopic (exact) mass is 378 g/mol. The third-order valence-corrected chi connectivity index (χ3v) is 10.7. The van der Waals surface area contributed by atoms with E-state index in [9.17, 15) is 9.59 Å². The standard InChI is InChI=1S/C4H6O4Te2/c5-3(6)1-9-10-2-4(7)8/h1-2H2,(H,5,6)(H,7,8). The van der Waals surface area contributed by atoms with Crippen LogP contribution in [0.5, 0.6) is 0 Å². The van der Waals surface area contributed by atoms with Gasteiger partial charge in [-0.1, -0.05) is 0 Å². The van der Waals surface area contributed by atoms with Gasteiger partial charge in [-0.3, -0.25) is 0 Å². The van der Waals surface area contributed by atoms with Crippen molar-refractivity contribution in [3.63, 3.8) is 0 Å². The molecule has 0 saturated carbocycles. The van der Waals surface area contributed by atoms with E-state index in [0.29, 0.717) is 0 Å². The molecule has 0 fully saturated rings. The molecule has 0 unspecified atom stereocenters. The molecular formula is C4H6O4Te2. The fraction of sp³-hybridized carbons (Fsp3) is 0.500. The minimum absolute atomic E-state index is 0.251. The molecule has 0 heterocycles. The molecule has 0 spiro atoms. The Morgan fingerprint density at radius 3 is 1.50 bits per heavy atom. The van der Waals surface area contributed by atoms with Gasteiger partial charge in [0.1, 0.15) is 0 Å². The van der Waals surface area contributed by atoms with Crippen molar-refractivity contribution in [1.29, 1.82) is 0 Å². The van der Waals surface area contributed by atoms with Gasteiger partial charge >= 0.3 is 74.8 Å². The fourth-order valence-electron chi connectivity index (χ4n) is 0.184. The molecule has 0 aromatic heterocycles. The summed E-state index contributed by atoms with van der Waals surface area (Å²) < 4.78 is 0.501. The van der Waals surface area contributed by atoms with Crippen LogP contribution in [-0.4, -0.2) is 56.3 Å². The Kier molecular flexibility index (Phi) is 6.57. The summed E-state index contributed by atoms with van der Waals surface area (Å²) in [5.74, 6) is -1.56. The van der Waals surface area contributed by atoms with Crippen LogP contribution in [0.3, 0.4) is 0 Å². The Bertz CT molecular complexity index is 119. The van der Waals surface area contributed by atoms with Crippen molar-refractivity contribution in [3.8, 4) is 0 Å². The van der Waals surface area contributed by atoms with Gasteiger partial charge in [-0.25, -0.2) is 0 Å². The summed E-state index contributed by atoms with van der Waals surface area (Å²) >= 11 is -0.917. The van der Waals surface area contributed by atoms with Crippen LogP contribution in [0.2, 0.25) is 8.94 Å². The Balaban J connectivity index is 3.06. The van der Waals surface area contributed by atoms with Crippen molar-refractivity contribution >= 4 is 46.1 Å². The van der Waals surface area contributed by atoms with Gasteiger partial charge in [0.25, 0.3) is 0 Å². The van der Waals surface area contributed by atoms with Gasteiger partial charge in [-0.05, 0) is 0 Å². The predicted octanol–water partition coefficient (Wildman–Crippen LogP) is -0.684. The van der Waals surface area contributed by atoms with Crippen LogP contribution in [0.15, 0.2) is 0 Å². The summed E-state index contributed by atoms with van der Waals surface area (Å²) in [6.07, 6.45) is 0. The van der Waals surface area contributed by atoms with Gasteiger partial charge < -0.3 is 0 Å². The third kappa shape index (κ3) is 8.52. The molecule has 0 aliphatic rings. The molecular weight excluding hydrogens is 367 g/mol. The second-order valence-electron chi connectivity index (χ2n) is 1.31. The van der Waals surface area contributed by atoms with E-state index in [4.69, 9.17) is 10.2 Å². The van der Waals surface area contributed by atoms with E-state index >= 15 is 0 Å². The summed E-state index contributed by atoms with van der Waals surface area (Å²) in [6, 6.07) is 0. The first-order valence-electron chi connectivity index (χ1n) is 2.31. The van der Waals surface area contributed by atoms with Crippen molar-refractivity contribution in [2.75, 3.05) is 0 Å². The summed E-state index contributed by atoms with van der Waals surface area (Å²) in [4.78, 5) is 19.9. The molecule has 0 saturated heterocycles. The van der Waals surface area contributed by atoms with Crippen LogP contribution < -0.4 is 0 Å². The number of carboxylic acid groups (broad SMARTS) is 2. The number of hydrogen-bond donors (Lipinski definition) is 2. The molecule has 0 radical (unpaired) electrons. The van der Waals surface area contributed by atoms with E-state index in [1.54, 1.807) is 0 Å². The Morgan fingerprint density at radius 2 is 1.30 bits per heavy atom. The number of hydrogen-bond acceptors (Lipinski definition) is 2. The van der Waals surface area contributed by atoms with Crippen LogP contribution in [-0.2, 0) is 9.59 Å². The maximum absolute atomic E-state index is 9.95. The summed E-state index contributed by atoms with van der Waals surface area (Å²) in [5.41, 5.74) is 0. The summed E-state index contributed by atoms with van der Waals surface area (Å²) in [5, 5.41) is 16.4. The second kappa shape index (κ2) is 6.24. The van der Waals surface area contributed by atoms with Crippen molar-refractivity contribution in [1.82, 2.24) is 0 Å². The zero-order valence-electron chi connectivity index (χ0n) is 4.94. The number of aliphatic carboxylic acids is 2. The third-order valence-electron chi connectivity index (χ3n) is 0.448. The molecule has 6 heteroatoms. The first-order chi connectivity index (χ1) is 4.63. The van der Waals surface area contributed by atoms with E-state index in [1.807, 2.05) is 0 Å². The quantitative estimate of drug-likeness (QED) is 0.495. The first-order valence-corrected chi connectivity index (χ1v) is 12.9. The maximum atomic E-state index is 9.95. The zero-order chi connectivity index (χ0) is 7.98. The minimum atomic E-state index is -0.780. The average Bonchev–Trinajstić information content (AvgIpc) is 1.79. The van der Waals surface area contributed by atoms with Crippen LogP contribution in [0.25, 0.3) is 0 Å². The molecule has 0 atom stereocenters. The summed E-state index contributed by atoms with van der Waals surface area (Å²) in [6.45, 7) is 0. The molecule has 0 aromatic rings. The number of carbonyl (C=O) groups is 2. The van der Waals surface area contributed by atoms with E-state index in [2.05, 4.69) is 0 Å². The molecule has 10 heavy (non-hydrogen) atoms. The molecule has 0 aliphatic heterocycles. The molecule has 0 bridgehead atoms. The molecule has 0 amide bonds. The van der Waals surface area contributed by atoms with Crippen molar-refractivity contribution in [2.24, 2.45) is 0 Å². The van der Waals surface area contributed by atoms with E-state index in [1.165, 1.54) is 0 Å². The molecule has 4 nitrogen and oxygen atoms in total. The number of carboxylic acids is 2. The van der Waals surface area contributed by atoms with E-state index in [0.717, 1.165) is 0 Å². The summed E-state index contributed by atoms with van der Waals surface area (Å²) in [7, 11) is 0. The Labute approximate surface area is 74.3 Å². The molecule has 0 aromatic carbocycles. The van der Waals surface area contributed by atoms with E-state index in [-0.39, 0.29) is 8.94 Å². The molecule has 0 rings (SSSR count). The first kappa shape index (κ1) is 10.5. The van der Waals surface area contributed by atoms with Gasteiger partial charge in [0.15, 0.2) is 0 Å². The van der Waals surface area contributed by atoms with Crippen LogP contribution in [0.1, 0.15) is 0 Å². The van der Waals surface area contributed by atoms with Crippen LogP contribution in [0, 0.1) is 0 Å². The molecule has 58 valence electrons. The van der Waals surface area contributed by atoms with E-state index < -0.39 is 46.1 Å². The molecule has 2 N–H and O–H groups in total. The Morgan fingerprint density at radius 1 is 1.00 bits per heavy atom. The predicted molar refractivity (Wildman–Crippen MR) is 36.4 cm³/mol. The zero-order valence-corrected chi connectivity index (χ0v) is 9.60. The fourth-order valence-corrected chi connectivity index (χ4v) is 8.29. The SMILES string of the molecule is O=C(O)C[Te][Te]CC(=O)O. The van der Waals surface area contributed by atoms with Crippen molar-refractivity contribution in [2.45, 2.75) is 8.94 Å². The van der Waals surface area contributed by atoms with Gasteiger partial charge in [0.2, 0.25) is 0 Å². The normalized spacial score (nSPS) is 9.20. The van der Waals surface area contributed by atoms with Crippen molar-refractivity contribution in [3.05, 3.63) is 0 Å². The molecule has 0 aliphatic carbocycles. The van der Waals surface area contributed by atoms with Crippen LogP contribution >= 0.6 is 0 Å². The van der Waals surface area contributed by atoms with Gasteiger partial charge in [0, 0.05) is 0 Å². The second-order valence-corrected chi connectivity index (χ2v) is 13.3. The van der Waals surface area contributed by atoms with Gasteiger partial charge in [-0.2, -0.15) is 0 Å². The number of rotatable bonds is 5. The van der Waals surface area contributed by atoms with Gasteiger partial charge in [0.05, 0.1) is 0 Å². The Hall–Kier alpha value is 0.519.